The number of amides is 1. The van der Waals surface area contributed by atoms with E-state index in [4.69, 9.17) is 18.9 Å². The Morgan fingerprint density at radius 1 is 0.868 bits per heavy atom. The molecule has 38 heavy (non-hydrogen) atoms. The molecule has 0 N–H and O–H groups in total. The van der Waals surface area contributed by atoms with Crippen LogP contribution in [0.15, 0.2) is 60.3 Å². The second-order valence-electron chi connectivity index (χ2n) is 8.71. The average Bonchev–Trinajstić information content (AvgIpc) is 2.96. The van der Waals surface area contributed by atoms with Crippen molar-refractivity contribution < 1.29 is 23.7 Å². The molecule has 0 radical (unpaired) electrons. The van der Waals surface area contributed by atoms with Gasteiger partial charge in [0.15, 0.2) is 28.5 Å². The largest absolute Gasteiger partial charge is 0.493 e. The second-order valence-corrected chi connectivity index (χ2v) is 8.71. The summed E-state index contributed by atoms with van der Waals surface area (Å²) >= 11 is 0. The Hall–Kier alpha value is -4.95. The molecule has 8 nitrogen and oxygen atoms in total. The van der Waals surface area contributed by atoms with Crippen LogP contribution in [0, 0.1) is 22.7 Å². The summed E-state index contributed by atoms with van der Waals surface area (Å²) in [6.45, 7) is 1.78. The van der Waals surface area contributed by atoms with Crippen molar-refractivity contribution >= 4 is 12.0 Å². The molecule has 0 saturated heterocycles. The van der Waals surface area contributed by atoms with E-state index in [1.54, 1.807) is 55.5 Å². The predicted molar refractivity (Wildman–Crippen MR) is 141 cm³/mol. The molecule has 4 rings (SSSR count). The van der Waals surface area contributed by atoms with Gasteiger partial charge in [-0.1, -0.05) is 18.2 Å². The summed E-state index contributed by atoms with van der Waals surface area (Å²) in [4.78, 5) is 15.5. The molecule has 8 heteroatoms. The van der Waals surface area contributed by atoms with Gasteiger partial charge in [0.25, 0.3) is 5.91 Å². The number of fused-ring (bicyclic) bond motifs is 1. The lowest BCUT2D eigenvalue weighted by molar-refractivity contribution is 0.0666. The maximum Gasteiger partial charge on any atom is 0.259 e. The molecule has 0 aliphatic carbocycles. The Kier molecular flexibility index (Phi) is 7.27. The van der Waals surface area contributed by atoms with E-state index >= 15 is 0 Å². The van der Waals surface area contributed by atoms with Crippen LogP contribution < -0.4 is 18.9 Å². The molecule has 3 aromatic rings. The van der Waals surface area contributed by atoms with Gasteiger partial charge in [0.1, 0.15) is 0 Å². The molecule has 192 valence electrons. The van der Waals surface area contributed by atoms with Gasteiger partial charge in [0, 0.05) is 29.3 Å². The van der Waals surface area contributed by atoms with Crippen molar-refractivity contribution in [2.24, 2.45) is 0 Å². The van der Waals surface area contributed by atoms with Crippen molar-refractivity contribution in [3.63, 3.8) is 0 Å². The molecule has 3 aromatic carbocycles. The summed E-state index contributed by atoms with van der Waals surface area (Å²) < 4.78 is 21.9. The molecule has 0 fully saturated rings. The highest BCUT2D eigenvalue weighted by Gasteiger charge is 2.47. The van der Waals surface area contributed by atoms with E-state index in [-0.39, 0.29) is 12.3 Å². The summed E-state index contributed by atoms with van der Waals surface area (Å²) in [5.74, 6) is 1.36. The fourth-order valence-corrected chi connectivity index (χ4v) is 4.90. The van der Waals surface area contributed by atoms with Crippen LogP contribution in [0.5, 0.6) is 23.0 Å². The molecule has 1 amide bonds. The fraction of sp³-hybridized carbons (Fsp3) is 0.233. The minimum atomic E-state index is -1.54. The molecule has 0 spiro atoms. The number of rotatable bonds is 7. The molecule has 1 heterocycles. The lowest BCUT2D eigenvalue weighted by Gasteiger charge is -2.43. The Balaban J connectivity index is 2.03. The Morgan fingerprint density at radius 3 is 2.03 bits per heavy atom. The van der Waals surface area contributed by atoms with E-state index in [9.17, 15) is 15.3 Å². The second kappa shape index (κ2) is 10.6. The maximum absolute atomic E-state index is 14.0. The van der Waals surface area contributed by atoms with Crippen LogP contribution in [0.2, 0.25) is 0 Å². The fourth-order valence-electron chi connectivity index (χ4n) is 4.90. The van der Waals surface area contributed by atoms with E-state index < -0.39 is 5.54 Å². The van der Waals surface area contributed by atoms with Crippen LogP contribution in [0.4, 0.5) is 0 Å². The van der Waals surface area contributed by atoms with E-state index in [0.717, 1.165) is 0 Å². The van der Waals surface area contributed by atoms with E-state index in [1.807, 2.05) is 12.1 Å². The van der Waals surface area contributed by atoms with Crippen molar-refractivity contribution in [2.45, 2.75) is 18.9 Å². The minimum absolute atomic E-state index is 0.00101. The standard InChI is InChI=1S/C30H27N3O5/c1-19-11-21-12-25(35-2)28(38-5)15-24(21)30(18-32,33(19)29(34)20-9-7-6-8-10-20)16-22-13-26(36-3)27(37-4)14-23(22)17-31/h6-15H,16H2,1-5H3. The van der Waals surface area contributed by atoms with Crippen LogP contribution in [-0.2, 0) is 12.0 Å². The third-order valence-corrected chi connectivity index (χ3v) is 6.69. The molecule has 1 atom stereocenters. The van der Waals surface area contributed by atoms with Gasteiger partial charge in [-0.3, -0.25) is 9.69 Å². The molecule has 0 saturated carbocycles. The first-order valence-corrected chi connectivity index (χ1v) is 11.8. The highest BCUT2D eigenvalue weighted by atomic mass is 16.5. The summed E-state index contributed by atoms with van der Waals surface area (Å²) in [5.41, 5.74) is 1.54. The predicted octanol–water partition coefficient (Wildman–Crippen LogP) is 5.07. The highest BCUT2D eigenvalue weighted by molar-refractivity contribution is 5.97. The Bertz CT molecular complexity index is 1500. The quantitative estimate of drug-likeness (QED) is 0.438. The monoisotopic (exact) mass is 509 g/mol. The highest BCUT2D eigenvalue weighted by Crippen LogP contribution is 2.47. The van der Waals surface area contributed by atoms with Gasteiger partial charge in [0.2, 0.25) is 0 Å². The molecule has 1 aliphatic rings. The van der Waals surface area contributed by atoms with E-state index in [0.29, 0.717) is 56.5 Å². The minimum Gasteiger partial charge on any atom is -0.493 e. The Morgan fingerprint density at radius 2 is 1.45 bits per heavy atom. The number of methoxy groups -OCH3 is 4. The maximum atomic E-state index is 14.0. The van der Waals surface area contributed by atoms with Gasteiger partial charge in [-0.25, -0.2) is 0 Å². The summed E-state index contributed by atoms with van der Waals surface area (Å²) in [7, 11) is 6.03. The van der Waals surface area contributed by atoms with Gasteiger partial charge in [-0.2, -0.15) is 10.5 Å². The summed E-state index contributed by atoms with van der Waals surface area (Å²) in [6, 6.07) is 20.2. The molecule has 1 aliphatic heterocycles. The normalized spacial score (nSPS) is 15.9. The van der Waals surface area contributed by atoms with Crippen LogP contribution in [0.3, 0.4) is 0 Å². The lowest BCUT2D eigenvalue weighted by Crippen LogP contribution is -2.51. The van der Waals surface area contributed by atoms with Crippen LogP contribution in [0.1, 0.15) is 39.5 Å². The number of hydrogen-bond donors (Lipinski definition) is 0. The SMILES string of the molecule is COc1cc(C#N)c(CC2(C#N)c3cc(OC)c(OC)cc3C=C(C)N2C(=O)c2ccccc2)cc1OC. The molecular formula is C30H27N3O5. The summed E-state index contributed by atoms with van der Waals surface area (Å²) in [5, 5.41) is 20.9. The lowest BCUT2D eigenvalue weighted by atomic mass is 9.76. The first-order valence-electron chi connectivity index (χ1n) is 11.8. The van der Waals surface area contributed by atoms with E-state index in [2.05, 4.69) is 12.1 Å². The van der Waals surface area contributed by atoms with Crippen molar-refractivity contribution in [1.82, 2.24) is 4.90 Å². The van der Waals surface area contributed by atoms with Crippen molar-refractivity contribution in [1.29, 1.82) is 10.5 Å². The van der Waals surface area contributed by atoms with Crippen LogP contribution in [0.25, 0.3) is 6.08 Å². The molecule has 1 unspecified atom stereocenters. The number of carbonyl (C=O) groups excluding carboxylic acids is 1. The number of allylic oxidation sites excluding steroid dienone is 1. The number of hydrogen-bond acceptors (Lipinski definition) is 7. The topological polar surface area (TPSA) is 105 Å². The van der Waals surface area contributed by atoms with Crippen molar-refractivity contribution in [3.8, 4) is 35.1 Å². The summed E-state index contributed by atoms with van der Waals surface area (Å²) in [6.07, 6.45) is 1.84. The Labute approximate surface area is 221 Å². The van der Waals surface area contributed by atoms with Crippen LogP contribution in [-0.4, -0.2) is 39.2 Å². The number of nitrogens with zero attached hydrogens (tertiary/aromatic N) is 3. The van der Waals surface area contributed by atoms with E-state index in [1.165, 1.54) is 33.3 Å². The number of ether oxygens (including phenoxy) is 4. The zero-order valence-electron chi connectivity index (χ0n) is 21.9. The zero-order chi connectivity index (χ0) is 27.4. The van der Waals surface area contributed by atoms with Gasteiger partial charge in [-0.05, 0) is 54.5 Å². The molecular weight excluding hydrogens is 482 g/mol. The molecule has 0 bridgehead atoms. The van der Waals surface area contributed by atoms with Gasteiger partial charge in [-0.15, -0.1) is 0 Å². The number of nitriles is 2. The molecule has 0 aromatic heterocycles. The van der Waals surface area contributed by atoms with Gasteiger partial charge < -0.3 is 18.9 Å². The smallest absolute Gasteiger partial charge is 0.259 e. The van der Waals surface area contributed by atoms with Gasteiger partial charge >= 0.3 is 0 Å². The van der Waals surface area contributed by atoms with Gasteiger partial charge in [0.05, 0.1) is 46.1 Å². The van der Waals surface area contributed by atoms with Crippen molar-refractivity contribution in [2.75, 3.05) is 28.4 Å². The van der Waals surface area contributed by atoms with Crippen LogP contribution >= 0.6 is 0 Å². The number of benzene rings is 3. The average molecular weight is 510 g/mol. The van der Waals surface area contributed by atoms with Crippen molar-refractivity contribution in [3.05, 3.63) is 88.1 Å². The third-order valence-electron chi connectivity index (χ3n) is 6.69. The zero-order valence-corrected chi connectivity index (χ0v) is 21.9. The number of carbonyl (C=O) groups is 1. The first-order chi connectivity index (χ1) is 18.4. The third kappa shape index (κ3) is 4.27. The first kappa shape index (κ1) is 26.1.